The number of ether oxygens (including phenoxy) is 4. The van der Waals surface area contributed by atoms with Gasteiger partial charge in [-0.25, -0.2) is 4.98 Å². The Hall–Kier alpha value is -3.46. The van der Waals surface area contributed by atoms with Crippen LogP contribution < -0.4 is 18.9 Å². The lowest BCUT2D eigenvalue weighted by molar-refractivity contribution is 0.236. The van der Waals surface area contributed by atoms with Crippen LogP contribution in [-0.2, 0) is 13.0 Å². The van der Waals surface area contributed by atoms with Crippen LogP contribution in [0.4, 0.5) is 0 Å². The number of aryl methyl sites for hydroxylation is 1. The van der Waals surface area contributed by atoms with Gasteiger partial charge in [0.15, 0.2) is 17.2 Å². The van der Waals surface area contributed by atoms with Crippen molar-refractivity contribution in [2.75, 3.05) is 65.7 Å². The number of unbranched alkanes of at least 4 members (excludes halogenated alkanes) is 1. The van der Waals surface area contributed by atoms with Crippen molar-refractivity contribution in [3.63, 3.8) is 0 Å². The zero-order valence-corrected chi connectivity index (χ0v) is 32.8. The van der Waals surface area contributed by atoms with Crippen LogP contribution in [0.25, 0.3) is 22.4 Å². The van der Waals surface area contributed by atoms with Gasteiger partial charge in [0.05, 0.1) is 31.9 Å². The van der Waals surface area contributed by atoms with Crippen molar-refractivity contribution >= 4 is 22.6 Å². The van der Waals surface area contributed by atoms with Crippen molar-refractivity contribution in [1.82, 2.24) is 19.4 Å². The SMILES string of the molecule is CCCCn1c(-c2ccc(OCCc3ccc(Cl)cc3)c(OCCCN(CC)CC)c2)nc2c(OCCC)cc(OCCCN(CC)CC)cc21. The molecule has 0 saturated carbocycles. The molecule has 0 fully saturated rings. The fourth-order valence-electron chi connectivity index (χ4n) is 6.17. The fraction of sp³-hybridized carbons (Fsp3) is 0.548. The number of fused-ring (bicyclic) bond motifs is 1. The molecule has 1 heterocycles. The molecule has 0 atom stereocenters. The second kappa shape index (κ2) is 21.8. The fourth-order valence-corrected chi connectivity index (χ4v) is 6.30. The van der Waals surface area contributed by atoms with Crippen LogP contribution in [0.15, 0.2) is 54.6 Å². The van der Waals surface area contributed by atoms with E-state index in [0.717, 1.165) is 135 Å². The number of nitrogens with zero attached hydrogens (tertiary/aromatic N) is 4. The molecule has 9 heteroatoms. The highest BCUT2D eigenvalue weighted by molar-refractivity contribution is 6.30. The van der Waals surface area contributed by atoms with E-state index >= 15 is 0 Å². The number of halogens is 1. The minimum absolute atomic E-state index is 0.529. The largest absolute Gasteiger partial charge is 0.493 e. The van der Waals surface area contributed by atoms with E-state index in [0.29, 0.717) is 26.4 Å². The molecular formula is C42H61ClN4O4. The molecule has 8 nitrogen and oxygen atoms in total. The molecule has 51 heavy (non-hydrogen) atoms. The van der Waals surface area contributed by atoms with Gasteiger partial charge in [0.25, 0.3) is 0 Å². The van der Waals surface area contributed by atoms with Gasteiger partial charge in [-0.2, -0.15) is 0 Å². The molecule has 4 aromatic rings. The van der Waals surface area contributed by atoms with Crippen LogP contribution in [0.3, 0.4) is 0 Å². The molecule has 0 saturated heterocycles. The van der Waals surface area contributed by atoms with Crippen molar-refractivity contribution in [3.05, 3.63) is 65.2 Å². The summed E-state index contributed by atoms with van der Waals surface area (Å²) in [6, 6.07) is 18.3. The molecular weight excluding hydrogens is 660 g/mol. The maximum absolute atomic E-state index is 6.48. The Kier molecular flexibility index (Phi) is 17.2. The van der Waals surface area contributed by atoms with Crippen LogP contribution in [0.1, 0.15) is 79.2 Å². The first-order valence-corrected chi connectivity index (χ1v) is 19.7. The third-order valence-electron chi connectivity index (χ3n) is 9.31. The second-order valence-electron chi connectivity index (χ2n) is 12.9. The highest BCUT2D eigenvalue weighted by Gasteiger charge is 2.20. The van der Waals surface area contributed by atoms with Crippen LogP contribution >= 0.6 is 11.6 Å². The summed E-state index contributed by atoms with van der Waals surface area (Å²) in [5.74, 6) is 3.94. The van der Waals surface area contributed by atoms with E-state index in [1.54, 1.807) is 0 Å². The maximum Gasteiger partial charge on any atom is 0.161 e. The Morgan fingerprint density at radius 2 is 1.27 bits per heavy atom. The number of imidazole rings is 1. The Bertz CT molecular complexity index is 1580. The summed E-state index contributed by atoms with van der Waals surface area (Å²) in [6.45, 7) is 22.6. The number of rotatable bonds is 25. The Balaban J connectivity index is 1.66. The minimum Gasteiger partial charge on any atom is -0.493 e. The van der Waals surface area contributed by atoms with Gasteiger partial charge in [-0.3, -0.25) is 0 Å². The van der Waals surface area contributed by atoms with E-state index in [-0.39, 0.29) is 0 Å². The first-order valence-electron chi connectivity index (χ1n) is 19.3. The predicted molar refractivity (Wildman–Crippen MR) is 212 cm³/mol. The Morgan fingerprint density at radius 1 is 0.627 bits per heavy atom. The van der Waals surface area contributed by atoms with Gasteiger partial charge in [-0.15, -0.1) is 0 Å². The predicted octanol–water partition coefficient (Wildman–Crippen LogP) is 9.79. The highest BCUT2D eigenvalue weighted by atomic mass is 35.5. The molecule has 1 aromatic heterocycles. The summed E-state index contributed by atoms with van der Waals surface area (Å²) in [5, 5.41) is 0.735. The first-order chi connectivity index (χ1) is 24.9. The molecule has 0 bridgehead atoms. The Labute approximate surface area is 312 Å². The topological polar surface area (TPSA) is 61.2 Å². The van der Waals surface area contributed by atoms with E-state index in [9.17, 15) is 0 Å². The van der Waals surface area contributed by atoms with E-state index in [4.69, 9.17) is 35.5 Å². The standard InChI is InChI=1S/C42H61ClN4O4/c1-7-13-25-47-37-31-36(48-27-14-23-45(9-3)10-4)32-40(49-26-8-2)41(37)44-42(47)34-18-21-38(51-29-22-33-16-19-35(43)20-17-33)39(30-34)50-28-15-24-46(11-5)12-6/h16-21,30-32H,7-15,22-29H2,1-6H3. The van der Waals surface area contributed by atoms with E-state index in [1.165, 1.54) is 5.56 Å². The van der Waals surface area contributed by atoms with Crippen molar-refractivity contribution in [2.45, 2.75) is 86.6 Å². The molecule has 0 aliphatic rings. The molecule has 280 valence electrons. The summed E-state index contributed by atoms with van der Waals surface area (Å²) in [4.78, 5) is 10.1. The van der Waals surface area contributed by atoms with E-state index in [2.05, 4.69) is 74.1 Å². The molecule has 0 radical (unpaired) electrons. The normalized spacial score (nSPS) is 11.5. The zero-order valence-electron chi connectivity index (χ0n) is 32.0. The third kappa shape index (κ3) is 12.0. The first kappa shape index (κ1) is 40.3. The van der Waals surface area contributed by atoms with Crippen molar-refractivity contribution in [3.8, 4) is 34.4 Å². The Morgan fingerprint density at radius 3 is 1.92 bits per heavy atom. The molecule has 4 rings (SSSR count). The van der Waals surface area contributed by atoms with Gasteiger partial charge < -0.3 is 33.3 Å². The van der Waals surface area contributed by atoms with Crippen LogP contribution in [-0.4, -0.2) is 85.0 Å². The number of hydrogen-bond acceptors (Lipinski definition) is 7. The quantitative estimate of drug-likeness (QED) is 0.0632. The average molecular weight is 721 g/mol. The molecule has 0 aliphatic heterocycles. The lowest BCUT2D eigenvalue weighted by Crippen LogP contribution is -2.25. The smallest absolute Gasteiger partial charge is 0.161 e. The van der Waals surface area contributed by atoms with Gasteiger partial charge in [0, 0.05) is 48.8 Å². The molecule has 0 unspecified atom stereocenters. The third-order valence-corrected chi connectivity index (χ3v) is 9.56. The summed E-state index contributed by atoms with van der Waals surface area (Å²) >= 11 is 6.10. The van der Waals surface area contributed by atoms with Gasteiger partial charge in [0.1, 0.15) is 17.1 Å². The maximum atomic E-state index is 6.48. The van der Waals surface area contributed by atoms with Crippen LogP contribution in [0, 0.1) is 0 Å². The second-order valence-corrected chi connectivity index (χ2v) is 13.4. The summed E-state index contributed by atoms with van der Waals surface area (Å²) in [6.07, 6.45) is 5.68. The average Bonchev–Trinajstić information content (AvgIpc) is 3.52. The zero-order chi connectivity index (χ0) is 36.4. The van der Waals surface area contributed by atoms with Gasteiger partial charge in [0.2, 0.25) is 0 Å². The van der Waals surface area contributed by atoms with E-state index < -0.39 is 0 Å². The molecule has 0 amide bonds. The highest BCUT2D eigenvalue weighted by Crippen LogP contribution is 2.38. The number of hydrogen-bond donors (Lipinski definition) is 0. The molecule has 0 N–H and O–H groups in total. The van der Waals surface area contributed by atoms with Crippen molar-refractivity contribution in [2.24, 2.45) is 0 Å². The molecule has 0 spiro atoms. The van der Waals surface area contributed by atoms with E-state index in [1.807, 2.05) is 36.4 Å². The lowest BCUT2D eigenvalue weighted by Gasteiger charge is -2.19. The van der Waals surface area contributed by atoms with Crippen molar-refractivity contribution < 1.29 is 18.9 Å². The van der Waals surface area contributed by atoms with Crippen LogP contribution in [0.2, 0.25) is 5.02 Å². The monoisotopic (exact) mass is 720 g/mol. The van der Waals surface area contributed by atoms with Gasteiger partial charge >= 0.3 is 0 Å². The number of aromatic nitrogens is 2. The lowest BCUT2D eigenvalue weighted by atomic mass is 10.1. The number of benzene rings is 3. The summed E-state index contributed by atoms with van der Waals surface area (Å²) in [5.41, 5.74) is 4.04. The van der Waals surface area contributed by atoms with Gasteiger partial charge in [-0.05, 0) is 87.8 Å². The molecule has 3 aromatic carbocycles. The minimum atomic E-state index is 0.529. The molecule has 0 aliphatic carbocycles. The summed E-state index contributed by atoms with van der Waals surface area (Å²) in [7, 11) is 0. The van der Waals surface area contributed by atoms with Crippen LogP contribution in [0.5, 0.6) is 23.0 Å². The summed E-state index contributed by atoms with van der Waals surface area (Å²) < 4.78 is 27.8. The van der Waals surface area contributed by atoms with Gasteiger partial charge in [-0.1, -0.05) is 71.7 Å². The van der Waals surface area contributed by atoms with Crippen molar-refractivity contribution in [1.29, 1.82) is 0 Å².